The van der Waals surface area contributed by atoms with Crippen molar-refractivity contribution in [3.63, 3.8) is 0 Å². The monoisotopic (exact) mass is 380 g/mol. The minimum absolute atomic E-state index is 0.0834. The molecule has 0 saturated heterocycles. The van der Waals surface area contributed by atoms with Gasteiger partial charge in [-0.05, 0) is 30.2 Å². The van der Waals surface area contributed by atoms with Gasteiger partial charge in [0.2, 0.25) is 0 Å². The van der Waals surface area contributed by atoms with Crippen molar-refractivity contribution in [2.24, 2.45) is 0 Å². The first-order chi connectivity index (χ1) is 13.1. The zero-order valence-corrected chi connectivity index (χ0v) is 15.9. The van der Waals surface area contributed by atoms with Crippen LogP contribution >= 0.6 is 11.6 Å². The van der Waals surface area contributed by atoms with Gasteiger partial charge in [0.1, 0.15) is 11.6 Å². The highest BCUT2D eigenvalue weighted by Crippen LogP contribution is 2.17. The number of hydrogen-bond donors (Lipinski definition) is 1. The molecule has 0 fully saturated rings. The summed E-state index contributed by atoms with van der Waals surface area (Å²) in [7, 11) is 0. The molecule has 1 amide bonds. The number of hydrogen-bond acceptors (Lipinski definition) is 4. The Balaban J connectivity index is 1.89. The van der Waals surface area contributed by atoms with Gasteiger partial charge in [0.05, 0.1) is 6.54 Å². The Morgan fingerprint density at radius 1 is 1.04 bits per heavy atom. The van der Waals surface area contributed by atoms with E-state index in [9.17, 15) is 4.79 Å². The Morgan fingerprint density at radius 3 is 2.37 bits per heavy atom. The minimum Gasteiger partial charge on any atom is -0.383 e. The molecule has 0 aliphatic heterocycles. The van der Waals surface area contributed by atoms with Crippen molar-refractivity contribution in [1.29, 1.82) is 0 Å². The molecular formula is C21H21ClN4O. The van der Waals surface area contributed by atoms with Crippen molar-refractivity contribution in [3.05, 3.63) is 88.9 Å². The van der Waals surface area contributed by atoms with Gasteiger partial charge in [0.15, 0.2) is 0 Å². The number of halogens is 1. The van der Waals surface area contributed by atoms with Crippen molar-refractivity contribution in [2.45, 2.75) is 25.9 Å². The number of amides is 1. The summed E-state index contributed by atoms with van der Waals surface area (Å²) in [5.74, 6) is 1.33. The van der Waals surface area contributed by atoms with Crippen LogP contribution in [0, 0.1) is 6.92 Å². The fraction of sp³-hybridized carbons (Fsp3) is 0.190. The van der Waals surface area contributed by atoms with Crippen LogP contribution in [0.4, 0.5) is 5.82 Å². The highest BCUT2D eigenvalue weighted by molar-refractivity contribution is 6.17. The maximum absolute atomic E-state index is 13.1. The molecule has 27 heavy (non-hydrogen) atoms. The largest absolute Gasteiger partial charge is 0.383 e. The number of anilines is 1. The van der Waals surface area contributed by atoms with Gasteiger partial charge in [-0.25, -0.2) is 9.97 Å². The fourth-order valence-corrected chi connectivity index (χ4v) is 2.94. The summed E-state index contributed by atoms with van der Waals surface area (Å²) in [5, 5.41) is 0. The van der Waals surface area contributed by atoms with E-state index in [0.29, 0.717) is 36.2 Å². The number of rotatable bonds is 6. The van der Waals surface area contributed by atoms with Crippen molar-refractivity contribution in [3.8, 4) is 0 Å². The summed E-state index contributed by atoms with van der Waals surface area (Å²) >= 11 is 5.84. The Kier molecular flexibility index (Phi) is 6.04. The molecule has 0 atom stereocenters. The molecule has 6 heteroatoms. The predicted molar refractivity (Wildman–Crippen MR) is 107 cm³/mol. The minimum atomic E-state index is -0.0834. The topological polar surface area (TPSA) is 72.1 Å². The number of nitrogens with two attached hydrogens (primary N) is 1. The van der Waals surface area contributed by atoms with Crippen LogP contribution in [0.15, 0.2) is 60.8 Å². The molecule has 2 N–H and O–H groups in total. The van der Waals surface area contributed by atoms with Gasteiger partial charge in [-0.3, -0.25) is 4.79 Å². The molecule has 0 aliphatic carbocycles. The van der Waals surface area contributed by atoms with E-state index in [1.54, 1.807) is 30.2 Å². The Morgan fingerprint density at radius 2 is 1.74 bits per heavy atom. The summed E-state index contributed by atoms with van der Waals surface area (Å²) in [6.07, 6.45) is 1.68. The average molecular weight is 381 g/mol. The number of alkyl halides is 1. The summed E-state index contributed by atoms with van der Waals surface area (Å²) in [6, 6.07) is 17.2. The maximum Gasteiger partial charge on any atom is 0.254 e. The SMILES string of the molecule is Cc1ncc(CN(Cc2ccccc2)C(=O)c2ccc(CCl)cc2)c(N)n1. The molecule has 0 aliphatic rings. The Hall–Kier alpha value is -2.92. The normalized spacial score (nSPS) is 10.6. The second kappa shape index (κ2) is 8.64. The van der Waals surface area contributed by atoms with Gasteiger partial charge < -0.3 is 10.6 Å². The molecule has 3 aromatic rings. The quantitative estimate of drug-likeness (QED) is 0.657. The number of carbonyl (C=O) groups is 1. The predicted octanol–water partition coefficient (Wildman–Crippen LogP) is 3.95. The van der Waals surface area contributed by atoms with E-state index in [2.05, 4.69) is 9.97 Å². The number of aromatic nitrogens is 2. The zero-order valence-electron chi connectivity index (χ0n) is 15.1. The van der Waals surface area contributed by atoms with Crippen LogP contribution in [0.3, 0.4) is 0 Å². The van der Waals surface area contributed by atoms with E-state index < -0.39 is 0 Å². The van der Waals surface area contributed by atoms with Gasteiger partial charge in [0.25, 0.3) is 5.91 Å². The third-order valence-electron chi connectivity index (χ3n) is 4.24. The van der Waals surface area contributed by atoms with Crippen molar-refractivity contribution in [1.82, 2.24) is 14.9 Å². The molecule has 0 unspecified atom stereocenters. The van der Waals surface area contributed by atoms with Crippen molar-refractivity contribution < 1.29 is 4.79 Å². The van der Waals surface area contributed by atoms with Gasteiger partial charge in [-0.1, -0.05) is 42.5 Å². The molecule has 1 aromatic heterocycles. The first-order valence-corrected chi connectivity index (χ1v) is 9.16. The second-order valence-corrected chi connectivity index (χ2v) is 6.57. The van der Waals surface area contributed by atoms with Crippen LogP contribution in [0.25, 0.3) is 0 Å². The number of benzene rings is 2. The first-order valence-electron chi connectivity index (χ1n) is 8.63. The van der Waals surface area contributed by atoms with E-state index >= 15 is 0 Å². The molecule has 5 nitrogen and oxygen atoms in total. The summed E-state index contributed by atoms with van der Waals surface area (Å²) in [6.45, 7) is 2.58. The van der Waals surface area contributed by atoms with E-state index in [4.69, 9.17) is 17.3 Å². The smallest absolute Gasteiger partial charge is 0.254 e. The van der Waals surface area contributed by atoms with E-state index in [0.717, 1.165) is 16.7 Å². The molecule has 2 aromatic carbocycles. The van der Waals surface area contributed by atoms with Crippen LogP contribution in [0.5, 0.6) is 0 Å². The lowest BCUT2D eigenvalue weighted by Crippen LogP contribution is -2.30. The second-order valence-electron chi connectivity index (χ2n) is 6.31. The third-order valence-corrected chi connectivity index (χ3v) is 4.55. The molecule has 0 spiro atoms. The molecule has 0 saturated carbocycles. The van der Waals surface area contributed by atoms with Crippen molar-refractivity contribution >= 4 is 23.3 Å². The van der Waals surface area contributed by atoms with Gasteiger partial charge in [-0.15, -0.1) is 11.6 Å². The highest BCUT2D eigenvalue weighted by Gasteiger charge is 2.18. The van der Waals surface area contributed by atoms with Crippen molar-refractivity contribution in [2.75, 3.05) is 5.73 Å². The van der Waals surface area contributed by atoms with Gasteiger partial charge >= 0.3 is 0 Å². The lowest BCUT2D eigenvalue weighted by atomic mass is 10.1. The Labute approximate surface area is 163 Å². The molecule has 138 valence electrons. The lowest BCUT2D eigenvalue weighted by Gasteiger charge is -2.23. The van der Waals surface area contributed by atoms with E-state index in [1.807, 2.05) is 42.5 Å². The third kappa shape index (κ3) is 4.83. The summed E-state index contributed by atoms with van der Waals surface area (Å²) in [5.41, 5.74) is 9.37. The molecule has 1 heterocycles. The van der Waals surface area contributed by atoms with E-state index in [1.165, 1.54) is 0 Å². The van der Waals surface area contributed by atoms with E-state index in [-0.39, 0.29) is 5.91 Å². The maximum atomic E-state index is 13.1. The first kappa shape index (κ1) is 18.9. The number of nitrogen functional groups attached to an aromatic ring is 1. The molecule has 0 radical (unpaired) electrons. The standard InChI is InChI=1S/C21H21ClN4O/c1-15-24-12-19(20(23)25-15)14-26(13-17-5-3-2-4-6-17)21(27)18-9-7-16(11-22)8-10-18/h2-10,12H,11,13-14H2,1H3,(H2,23,24,25). The molecule has 3 rings (SSSR count). The molecule has 0 bridgehead atoms. The number of carbonyl (C=O) groups excluding carboxylic acids is 1. The summed E-state index contributed by atoms with van der Waals surface area (Å²) < 4.78 is 0. The van der Waals surface area contributed by atoms with Crippen LogP contribution in [0.2, 0.25) is 0 Å². The highest BCUT2D eigenvalue weighted by atomic mass is 35.5. The van der Waals surface area contributed by atoms with Crippen LogP contribution in [-0.4, -0.2) is 20.8 Å². The Bertz CT molecular complexity index is 913. The fourth-order valence-electron chi connectivity index (χ4n) is 2.76. The molecular weight excluding hydrogens is 360 g/mol. The van der Waals surface area contributed by atoms with Crippen LogP contribution < -0.4 is 5.73 Å². The number of aryl methyl sites for hydroxylation is 1. The van der Waals surface area contributed by atoms with Gasteiger partial charge in [0, 0.05) is 29.7 Å². The average Bonchev–Trinajstić information content (AvgIpc) is 2.69. The van der Waals surface area contributed by atoms with Crippen LogP contribution in [-0.2, 0) is 19.0 Å². The van der Waals surface area contributed by atoms with Gasteiger partial charge in [-0.2, -0.15) is 0 Å². The zero-order chi connectivity index (χ0) is 19.2. The lowest BCUT2D eigenvalue weighted by molar-refractivity contribution is 0.0730. The summed E-state index contributed by atoms with van der Waals surface area (Å²) in [4.78, 5) is 23.3. The van der Waals surface area contributed by atoms with Crippen LogP contribution in [0.1, 0.15) is 32.9 Å². The number of nitrogens with zero attached hydrogens (tertiary/aromatic N) is 3.